The summed E-state index contributed by atoms with van der Waals surface area (Å²) in [5.41, 5.74) is 0. The molecule has 11 heavy (non-hydrogen) atoms. The zero-order chi connectivity index (χ0) is 8.74. The van der Waals surface area contributed by atoms with Crippen LogP contribution in [-0.2, 0) is 0 Å². The Bertz CT molecular complexity index is 129. The van der Waals surface area contributed by atoms with Gasteiger partial charge in [-0.1, -0.05) is 13.8 Å². The third kappa shape index (κ3) is 4.00. The summed E-state index contributed by atoms with van der Waals surface area (Å²) in [7, 11) is 2.16. The van der Waals surface area contributed by atoms with Crippen LogP contribution in [0.1, 0.15) is 26.7 Å². The maximum absolute atomic E-state index is 8.59. The molecule has 0 heterocycles. The molecule has 0 aromatic heterocycles. The largest absolute Gasteiger partial charge is 0.314 e. The van der Waals surface area contributed by atoms with E-state index in [-0.39, 0.29) is 0 Å². The summed E-state index contributed by atoms with van der Waals surface area (Å²) in [6.45, 7) is 7.25. The second-order valence-electron chi connectivity index (χ2n) is 3.38. The minimum atomic E-state index is 0.654. The van der Waals surface area contributed by atoms with Gasteiger partial charge in [-0.05, 0) is 12.8 Å². The second kappa shape index (κ2) is 5.15. The summed E-state index contributed by atoms with van der Waals surface area (Å²) in [5.74, 6) is 0. The molecule has 2 heteroatoms. The molecule has 0 saturated carbocycles. The molecule has 0 radical (unpaired) electrons. The molecular weight excluding hydrogens is 136 g/mol. The van der Waals surface area contributed by atoms with E-state index in [1.54, 1.807) is 0 Å². The lowest BCUT2D eigenvalue weighted by molar-refractivity contribution is -0.902. The molecule has 0 fully saturated rings. The maximum Gasteiger partial charge on any atom is 0.166 e. The van der Waals surface area contributed by atoms with Crippen LogP contribution in [0, 0.1) is 11.3 Å². The van der Waals surface area contributed by atoms with Crippen molar-refractivity contribution in [2.24, 2.45) is 0 Å². The van der Waals surface area contributed by atoms with E-state index in [1.165, 1.54) is 0 Å². The molecule has 0 saturated heterocycles. The third-order valence-electron chi connectivity index (χ3n) is 1.98. The van der Waals surface area contributed by atoms with Crippen molar-refractivity contribution in [3.8, 4) is 6.07 Å². The standard InChI is InChI=1S/C9H19N2/c1-4-7-11(3,8-5-2)9-6-10/h4-5,7-9H2,1-3H3/q+1. The zero-order valence-corrected chi connectivity index (χ0v) is 7.93. The number of hydrogen-bond acceptors (Lipinski definition) is 1. The quantitative estimate of drug-likeness (QED) is 0.438. The van der Waals surface area contributed by atoms with Crippen LogP contribution in [0.15, 0.2) is 0 Å². The molecule has 2 nitrogen and oxygen atoms in total. The average molecular weight is 155 g/mol. The Labute approximate surface area is 70.0 Å². The van der Waals surface area contributed by atoms with E-state index in [4.69, 9.17) is 5.26 Å². The number of hydrogen-bond donors (Lipinski definition) is 0. The van der Waals surface area contributed by atoms with Gasteiger partial charge in [0.1, 0.15) is 6.07 Å². The van der Waals surface area contributed by atoms with E-state index in [9.17, 15) is 0 Å². The highest BCUT2D eigenvalue weighted by Gasteiger charge is 2.17. The summed E-state index contributed by atoms with van der Waals surface area (Å²) < 4.78 is 0.920. The lowest BCUT2D eigenvalue weighted by Crippen LogP contribution is -2.45. The van der Waals surface area contributed by atoms with Crippen LogP contribution in [-0.4, -0.2) is 31.2 Å². The number of nitriles is 1. The Kier molecular flexibility index (Phi) is 4.89. The van der Waals surface area contributed by atoms with E-state index < -0.39 is 0 Å². The minimum Gasteiger partial charge on any atom is -0.314 e. The fourth-order valence-corrected chi connectivity index (χ4v) is 1.52. The highest BCUT2D eigenvalue weighted by molar-refractivity contribution is 4.67. The normalized spacial score (nSPS) is 11.1. The van der Waals surface area contributed by atoms with Crippen LogP contribution in [0.3, 0.4) is 0 Å². The van der Waals surface area contributed by atoms with Gasteiger partial charge >= 0.3 is 0 Å². The fourth-order valence-electron chi connectivity index (χ4n) is 1.52. The molecule has 0 bridgehead atoms. The second-order valence-corrected chi connectivity index (χ2v) is 3.38. The van der Waals surface area contributed by atoms with Crippen molar-refractivity contribution in [2.75, 3.05) is 26.7 Å². The Hall–Kier alpha value is -0.550. The molecule has 0 N–H and O–H groups in total. The van der Waals surface area contributed by atoms with Crippen molar-refractivity contribution in [1.82, 2.24) is 0 Å². The van der Waals surface area contributed by atoms with Crippen LogP contribution in [0.2, 0.25) is 0 Å². The first-order valence-electron chi connectivity index (χ1n) is 4.39. The SMILES string of the molecule is CCC[N+](C)(CC#N)CCC. The first-order chi connectivity index (χ1) is 5.18. The van der Waals surface area contributed by atoms with Crippen molar-refractivity contribution >= 4 is 0 Å². The third-order valence-corrected chi connectivity index (χ3v) is 1.98. The van der Waals surface area contributed by atoms with E-state index in [0.717, 1.165) is 30.4 Å². The number of rotatable bonds is 5. The first kappa shape index (κ1) is 10.4. The minimum absolute atomic E-state index is 0.654. The highest BCUT2D eigenvalue weighted by atomic mass is 15.3. The van der Waals surface area contributed by atoms with E-state index >= 15 is 0 Å². The van der Waals surface area contributed by atoms with Gasteiger partial charge in [0, 0.05) is 0 Å². The van der Waals surface area contributed by atoms with Gasteiger partial charge in [0.25, 0.3) is 0 Å². The van der Waals surface area contributed by atoms with Gasteiger partial charge < -0.3 is 4.48 Å². The molecule has 0 amide bonds. The molecule has 0 spiro atoms. The molecule has 0 rings (SSSR count). The Balaban J connectivity index is 3.92. The smallest absolute Gasteiger partial charge is 0.166 e. The van der Waals surface area contributed by atoms with Crippen molar-refractivity contribution < 1.29 is 4.48 Å². The van der Waals surface area contributed by atoms with Crippen LogP contribution < -0.4 is 0 Å². The highest BCUT2D eigenvalue weighted by Crippen LogP contribution is 2.04. The molecule has 0 aliphatic rings. The zero-order valence-electron chi connectivity index (χ0n) is 7.93. The van der Waals surface area contributed by atoms with Crippen LogP contribution in [0.25, 0.3) is 0 Å². The topological polar surface area (TPSA) is 23.8 Å². The first-order valence-corrected chi connectivity index (χ1v) is 4.39. The van der Waals surface area contributed by atoms with Gasteiger partial charge in [0.2, 0.25) is 0 Å². The van der Waals surface area contributed by atoms with Crippen molar-refractivity contribution in [1.29, 1.82) is 5.26 Å². The fraction of sp³-hybridized carbons (Fsp3) is 0.889. The van der Waals surface area contributed by atoms with Crippen LogP contribution in [0.4, 0.5) is 0 Å². The lowest BCUT2D eigenvalue weighted by Gasteiger charge is -2.31. The van der Waals surface area contributed by atoms with Crippen LogP contribution >= 0.6 is 0 Å². The molecule has 0 aromatic rings. The monoisotopic (exact) mass is 155 g/mol. The molecule has 0 aliphatic carbocycles. The average Bonchev–Trinajstić information content (AvgIpc) is 1.88. The predicted molar refractivity (Wildman–Crippen MR) is 47.0 cm³/mol. The molecular formula is C9H19N2+. The molecule has 64 valence electrons. The van der Waals surface area contributed by atoms with Gasteiger partial charge in [-0.3, -0.25) is 0 Å². The summed E-state index contributed by atoms with van der Waals surface area (Å²) >= 11 is 0. The lowest BCUT2D eigenvalue weighted by atomic mass is 10.3. The summed E-state index contributed by atoms with van der Waals surface area (Å²) in [6, 6.07) is 2.25. The van der Waals surface area contributed by atoms with Gasteiger partial charge in [-0.15, -0.1) is 0 Å². The Morgan fingerprint density at radius 2 is 1.64 bits per heavy atom. The van der Waals surface area contributed by atoms with E-state index in [1.807, 2.05) is 0 Å². The van der Waals surface area contributed by atoms with Gasteiger partial charge in [-0.2, -0.15) is 5.26 Å². The number of nitrogens with zero attached hydrogens (tertiary/aromatic N) is 2. The van der Waals surface area contributed by atoms with Gasteiger partial charge in [0.05, 0.1) is 20.1 Å². The molecule has 0 unspecified atom stereocenters. The van der Waals surface area contributed by atoms with Crippen LogP contribution in [0.5, 0.6) is 0 Å². The van der Waals surface area contributed by atoms with Crippen molar-refractivity contribution in [3.63, 3.8) is 0 Å². The van der Waals surface area contributed by atoms with Crippen molar-refractivity contribution in [3.05, 3.63) is 0 Å². The summed E-state index contributed by atoms with van der Waals surface area (Å²) in [5, 5.41) is 8.59. The summed E-state index contributed by atoms with van der Waals surface area (Å²) in [6.07, 6.45) is 2.33. The van der Waals surface area contributed by atoms with E-state index in [2.05, 4.69) is 27.0 Å². The van der Waals surface area contributed by atoms with Gasteiger partial charge in [-0.25, -0.2) is 0 Å². The predicted octanol–water partition coefficient (Wildman–Crippen LogP) is 1.78. The number of quaternary nitrogens is 1. The summed E-state index contributed by atoms with van der Waals surface area (Å²) in [4.78, 5) is 0. The Morgan fingerprint density at radius 1 is 1.18 bits per heavy atom. The molecule has 0 aromatic carbocycles. The van der Waals surface area contributed by atoms with Gasteiger partial charge in [0.15, 0.2) is 6.54 Å². The molecule has 0 aliphatic heterocycles. The van der Waals surface area contributed by atoms with Crippen molar-refractivity contribution in [2.45, 2.75) is 26.7 Å². The van der Waals surface area contributed by atoms with E-state index in [0.29, 0.717) is 6.54 Å². The molecule has 0 atom stereocenters. The Morgan fingerprint density at radius 3 is 1.91 bits per heavy atom. The maximum atomic E-state index is 8.59.